The molecule has 1 aliphatic rings. The zero-order chi connectivity index (χ0) is 14.8. The van der Waals surface area contributed by atoms with Crippen LogP contribution in [0.1, 0.15) is 30.1 Å². The number of nitrogens with zero attached hydrogens (tertiary/aromatic N) is 1. The second kappa shape index (κ2) is 5.71. The van der Waals surface area contributed by atoms with E-state index in [9.17, 15) is 9.90 Å². The van der Waals surface area contributed by atoms with Crippen LogP contribution in [0.5, 0.6) is 11.5 Å². The number of piperidine rings is 1. The van der Waals surface area contributed by atoms with Crippen LogP contribution in [-0.2, 0) is 0 Å². The maximum Gasteiger partial charge on any atom is 0.257 e. The largest absolute Gasteiger partial charge is 0.493 e. The highest BCUT2D eigenvalue weighted by molar-refractivity contribution is 5.98. The van der Waals surface area contributed by atoms with Crippen LogP contribution in [0, 0.1) is 0 Å². The number of carbonyl (C=O) groups excluding carboxylic acids is 1. The van der Waals surface area contributed by atoms with E-state index in [0.29, 0.717) is 36.6 Å². The van der Waals surface area contributed by atoms with Gasteiger partial charge in [-0.15, -0.1) is 0 Å². The van der Waals surface area contributed by atoms with Gasteiger partial charge in [0.25, 0.3) is 5.91 Å². The van der Waals surface area contributed by atoms with Crippen molar-refractivity contribution < 1.29 is 19.4 Å². The molecule has 1 N–H and O–H groups in total. The third-order valence-corrected chi connectivity index (χ3v) is 3.60. The van der Waals surface area contributed by atoms with Crippen molar-refractivity contribution in [2.45, 2.75) is 25.4 Å². The van der Waals surface area contributed by atoms with E-state index in [1.54, 1.807) is 30.0 Å². The highest BCUT2D eigenvalue weighted by Gasteiger charge is 2.32. The molecular weight excluding hydrogens is 258 g/mol. The van der Waals surface area contributed by atoms with Gasteiger partial charge < -0.3 is 19.5 Å². The van der Waals surface area contributed by atoms with Crippen molar-refractivity contribution in [3.8, 4) is 11.5 Å². The fraction of sp³-hybridized carbons (Fsp3) is 0.533. The van der Waals surface area contributed by atoms with Gasteiger partial charge in [-0.05, 0) is 31.9 Å². The van der Waals surface area contributed by atoms with E-state index >= 15 is 0 Å². The van der Waals surface area contributed by atoms with Crippen LogP contribution in [0.2, 0.25) is 0 Å². The number of hydrogen-bond acceptors (Lipinski definition) is 4. The second-order valence-corrected chi connectivity index (χ2v) is 5.37. The maximum atomic E-state index is 12.6. The lowest BCUT2D eigenvalue weighted by atomic mass is 9.94. The van der Waals surface area contributed by atoms with Crippen LogP contribution in [-0.4, -0.2) is 48.8 Å². The molecule has 2 rings (SSSR count). The standard InChI is InChI=1S/C15H21NO4/c1-15(18)8-5-9-16(10-15)14(17)11-6-4-7-12(19-2)13(11)20-3/h4,6-7,18H,5,8-10H2,1-3H3. The fourth-order valence-electron chi connectivity index (χ4n) is 2.62. The number of amides is 1. The van der Waals surface area contributed by atoms with Crippen molar-refractivity contribution in [1.82, 2.24) is 4.90 Å². The summed E-state index contributed by atoms with van der Waals surface area (Å²) in [5.41, 5.74) is -0.357. The number of para-hydroxylation sites is 1. The first-order chi connectivity index (χ1) is 9.48. The second-order valence-electron chi connectivity index (χ2n) is 5.37. The zero-order valence-corrected chi connectivity index (χ0v) is 12.2. The molecule has 0 aliphatic carbocycles. The first-order valence-electron chi connectivity index (χ1n) is 6.71. The summed E-state index contributed by atoms with van der Waals surface area (Å²) in [7, 11) is 3.05. The number of benzene rings is 1. The topological polar surface area (TPSA) is 59.0 Å². The molecule has 1 fully saturated rings. The minimum Gasteiger partial charge on any atom is -0.493 e. The van der Waals surface area contributed by atoms with Gasteiger partial charge in [0.2, 0.25) is 0 Å². The number of likely N-dealkylation sites (tertiary alicyclic amines) is 1. The molecule has 5 nitrogen and oxygen atoms in total. The monoisotopic (exact) mass is 279 g/mol. The maximum absolute atomic E-state index is 12.6. The molecule has 0 saturated carbocycles. The molecule has 1 heterocycles. The predicted octanol–water partition coefficient (Wildman–Crippen LogP) is 1.69. The van der Waals surface area contributed by atoms with E-state index in [0.717, 1.165) is 6.42 Å². The van der Waals surface area contributed by atoms with Crippen molar-refractivity contribution >= 4 is 5.91 Å². The van der Waals surface area contributed by atoms with Gasteiger partial charge >= 0.3 is 0 Å². The van der Waals surface area contributed by atoms with Gasteiger partial charge in [0, 0.05) is 13.1 Å². The van der Waals surface area contributed by atoms with Gasteiger partial charge in [-0.25, -0.2) is 0 Å². The normalized spacial score (nSPS) is 22.5. The Balaban J connectivity index is 2.29. The van der Waals surface area contributed by atoms with Crippen molar-refractivity contribution in [1.29, 1.82) is 0 Å². The van der Waals surface area contributed by atoms with E-state index in [2.05, 4.69) is 0 Å². The number of methoxy groups -OCH3 is 2. The molecule has 1 amide bonds. The first kappa shape index (κ1) is 14.7. The van der Waals surface area contributed by atoms with E-state index in [1.807, 2.05) is 0 Å². The van der Waals surface area contributed by atoms with Gasteiger partial charge in [-0.3, -0.25) is 4.79 Å². The Kier molecular flexibility index (Phi) is 4.18. The van der Waals surface area contributed by atoms with E-state index in [4.69, 9.17) is 9.47 Å². The fourth-order valence-corrected chi connectivity index (χ4v) is 2.62. The van der Waals surface area contributed by atoms with E-state index in [1.165, 1.54) is 14.2 Å². The van der Waals surface area contributed by atoms with Crippen LogP contribution >= 0.6 is 0 Å². The van der Waals surface area contributed by atoms with E-state index < -0.39 is 5.60 Å². The van der Waals surface area contributed by atoms with Crippen molar-refractivity contribution in [3.05, 3.63) is 23.8 Å². The molecule has 0 radical (unpaired) electrons. The lowest BCUT2D eigenvalue weighted by Crippen LogP contribution is -2.48. The minimum absolute atomic E-state index is 0.138. The summed E-state index contributed by atoms with van der Waals surface area (Å²) in [6.07, 6.45) is 1.51. The Morgan fingerprint density at radius 1 is 1.35 bits per heavy atom. The summed E-state index contributed by atoms with van der Waals surface area (Å²) < 4.78 is 10.5. The van der Waals surface area contributed by atoms with Gasteiger partial charge in [0.1, 0.15) is 0 Å². The number of rotatable bonds is 3. The molecule has 0 aromatic heterocycles. The van der Waals surface area contributed by atoms with Crippen LogP contribution < -0.4 is 9.47 Å². The lowest BCUT2D eigenvalue weighted by molar-refractivity contribution is -0.0108. The third kappa shape index (κ3) is 2.88. The predicted molar refractivity (Wildman–Crippen MR) is 75.3 cm³/mol. The summed E-state index contributed by atoms with van der Waals surface area (Å²) in [6.45, 7) is 2.75. The van der Waals surface area contributed by atoms with Gasteiger partial charge in [0.05, 0.1) is 25.4 Å². The molecule has 1 atom stereocenters. The third-order valence-electron chi connectivity index (χ3n) is 3.60. The summed E-state index contributed by atoms with van der Waals surface area (Å²) in [4.78, 5) is 14.3. The number of aliphatic hydroxyl groups is 1. The average Bonchev–Trinajstić information content (AvgIpc) is 2.44. The quantitative estimate of drug-likeness (QED) is 0.914. The molecule has 1 saturated heterocycles. The van der Waals surface area contributed by atoms with Crippen LogP contribution in [0.15, 0.2) is 18.2 Å². The zero-order valence-electron chi connectivity index (χ0n) is 12.2. The molecular formula is C15H21NO4. The van der Waals surface area contributed by atoms with Crippen LogP contribution in [0.3, 0.4) is 0 Å². The van der Waals surface area contributed by atoms with Gasteiger partial charge in [-0.2, -0.15) is 0 Å². The summed E-state index contributed by atoms with van der Waals surface area (Å²) in [5.74, 6) is 0.827. The Labute approximate surface area is 119 Å². The Morgan fingerprint density at radius 2 is 2.10 bits per heavy atom. The molecule has 5 heteroatoms. The highest BCUT2D eigenvalue weighted by atomic mass is 16.5. The molecule has 1 aliphatic heterocycles. The van der Waals surface area contributed by atoms with Crippen molar-refractivity contribution in [2.75, 3.05) is 27.3 Å². The molecule has 110 valence electrons. The number of carbonyl (C=O) groups is 1. The molecule has 1 aromatic rings. The number of hydrogen-bond donors (Lipinski definition) is 1. The summed E-state index contributed by atoms with van der Waals surface area (Å²) in [6, 6.07) is 5.23. The highest BCUT2D eigenvalue weighted by Crippen LogP contribution is 2.32. The SMILES string of the molecule is COc1cccc(C(=O)N2CCCC(C)(O)C2)c1OC. The average molecular weight is 279 g/mol. The molecule has 1 aromatic carbocycles. The minimum atomic E-state index is -0.819. The smallest absolute Gasteiger partial charge is 0.257 e. The van der Waals surface area contributed by atoms with E-state index in [-0.39, 0.29) is 5.91 Å². The Hall–Kier alpha value is -1.75. The lowest BCUT2D eigenvalue weighted by Gasteiger charge is -2.37. The van der Waals surface area contributed by atoms with Crippen molar-refractivity contribution in [3.63, 3.8) is 0 Å². The number of β-amino-alcohol motifs (C(OH)–C–C–N with tert-alkyl or cyclic N) is 1. The van der Waals surface area contributed by atoms with Gasteiger partial charge in [0.15, 0.2) is 11.5 Å². The van der Waals surface area contributed by atoms with Crippen molar-refractivity contribution in [2.24, 2.45) is 0 Å². The Bertz CT molecular complexity index is 499. The van der Waals surface area contributed by atoms with Gasteiger partial charge in [-0.1, -0.05) is 6.07 Å². The van der Waals surface area contributed by atoms with Crippen LogP contribution in [0.25, 0.3) is 0 Å². The summed E-state index contributed by atoms with van der Waals surface area (Å²) in [5, 5.41) is 10.1. The molecule has 0 spiro atoms. The Morgan fingerprint density at radius 3 is 2.70 bits per heavy atom. The van der Waals surface area contributed by atoms with Crippen LogP contribution in [0.4, 0.5) is 0 Å². The molecule has 1 unspecified atom stereocenters. The summed E-state index contributed by atoms with van der Waals surface area (Å²) >= 11 is 0. The molecule has 0 bridgehead atoms. The number of ether oxygens (including phenoxy) is 2. The first-order valence-corrected chi connectivity index (χ1v) is 6.71. The molecule has 20 heavy (non-hydrogen) atoms.